The maximum atomic E-state index is 7.72. The minimum atomic E-state index is 0.118. The first-order valence-electron chi connectivity index (χ1n) is 7.01. The fraction of sp³-hybridized carbons (Fsp3) is 0.278. The summed E-state index contributed by atoms with van der Waals surface area (Å²) in [4.78, 5) is 2.23. The van der Waals surface area contributed by atoms with Gasteiger partial charge in [-0.15, -0.1) is 0 Å². The Bertz CT molecular complexity index is 652. The molecule has 2 aromatic rings. The van der Waals surface area contributed by atoms with E-state index in [1.165, 1.54) is 10.5 Å². The summed E-state index contributed by atoms with van der Waals surface area (Å²) in [6.45, 7) is 8.69. The molecule has 3 heteroatoms. The van der Waals surface area contributed by atoms with Gasteiger partial charge in [0.1, 0.15) is 5.84 Å². The van der Waals surface area contributed by atoms with E-state index < -0.39 is 0 Å². The molecule has 0 heterocycles. The summed E-state index contributed by atoms with van der Waals surface area (Å²) in [7, 11) is 0. The molecule has 0 atom stereocenters. The molecule has 0 aromatic heterocycles. The zero-order valence-electron chi connectivity index (χ0n) is 13.0. The van der Waals surface area contributed by atoms with E-state index in [4.69, 9.17) is 11.1 Å². The van der Waals surface area contributed by atoms with Crippen molar-refractivity contribution in [3.63, 3.8) is 0 Å². The van der Waals surface area contributed by atoms with Gasteiger partial charge in [-0.1, -0.05) is 62.9 Å². The average Bonchev–Trinajstić information content (AvgIpc) is 2.40. The summed E-state index contributed by atoms with van der Waals surface area (Å²) < 4.78 is 0. The van der Waals surface area contributed by atoms with Gasteiger partial charge in [-0.05, 0) is 35.6 Å². The molecule has 0 unspecified atom stereocenters. The number of aryl methyl sites for hydroxylation is 1. The van der Waals surface area contributed by atoms with Gasteiger partial charge in [0.2, 0.25) is 0 Å². The number of hydrogen-bond acceptors (Lipinski definition) is 2. The quantitative estimate of drug-likeness (QED) is 0.636. The van der Waals surface area contributed by atoms with Crippen LogP contribution < -0.4 is 5.73 Å². The van der Waals surface area contributed by atoms with Crippen LogP contribution in [0.5, 0.6) is 0 Å². The molecular weight excluding hydrogens is 276 g/mol. The number of amidine groups is 1. The van der Waals surface area contributed by atoms with Crippen LogP contribution in [0.3, 0.4) is 0 Å². The number of benzene rings is 2. The minimum absolute atomic E-state index is 0.118. The number of nitrogens with two attached hydrogens (primary N) is 1. The lowest BCUT2D eigenvalue weighted by atomic mass is 9.87. The molecular formula is C18H22N2S. The van der Waals surface area contributed by atoms with Gasteiger partial charge in [0.25, 0.3) is 0 Å². The average molecular weight is 298 g/mol. The summed E-state index contributed by atoms with van der Waals surface area (Å²) >= 11 is 1.67. The normalized spacial score (nSPS) is 11.4. The van der Waals surface area contributed by atoms with Gasteiger partial charge in [0.05, 0.1) is 0 Å². The third kappa shape index (κ3) is 3.67. The summed E-state index contributed by atoms with van der Waals surface area (Å²) in [5, 5.41) is 7.72. The molecule has 2 nitrogen and oxygen atoms in total. The van der Waals surface area contributed by atoms with E-state index in [1.54, 1.807) is 11.8 Å². The minimum Gasteiger partial charge on any atom is -0.384 e. The number of nitrogen functional groups attached to an aromatic ring is 1. The van der Waals surface area contributed by atoms with Gasteiger partial charge in [0, 0.05) is 15.4 Å². The lowest BCUT2D eigenvalue weighted by Gasteiger charge is -2.19. The molecule has 0 bridgehead atoms. The highest BCUT2D eigenvalue weighted by molar-refractivity contribution is 7.99. The smallest absolute Gasteiger partial charge is 0.123 e. The lowest BCUT2D eigenvalue weighted by Crippen LogP contribution is -2.12. The Kier molecular flexibility index (Phi) is 4.43. The van der Waals surface area contributed by atoms with Gasteiger partial charge in [-0.2, -0.15) is 0 Å². The first-order valence-corrected chi connectivity index (χ1v) is 7.83. The number of hydrogen-bond donors (Lipinski definition) is 2. The molecule has 110 valence electrons. The first kappa shape index (κ1) is 15.6. The Balaban J connectivity index is 2.33. The van der Waals surface area contributed by atoms with Crippen LogP contribution in [-0.2, 0) is 5.41 Å². The van der Waals surface area contributed by atoms with Crippen LogP contribution in [0.1, 0.15) is 37.5 Å². The summed E-state index contributed by atoms with van der Waals surface area (Å²) in [6, 6.07) is 14.5. The standard InChI is InChI=1S/C18H22N2S/c1-12-6-5-7-15(17(19)20)16(12)21-14-10-8-13(9-11-14)18(2,3)4/h5-11H,1-4H3,(H3,19,20). The molecule has 0 saturated heterocycles. The van der Waals surface area contributed by atoms with Crippen molar-refractivity contribution in [2.24, 2.45) is 5.73 Å². The van der Waals surface area contributed by atoms with E-state index in [2.05, 4.69) is 58.0 Å². The molecule has 0 aliphatic rings. The van der Waals surface area contributed by atoms with E-state index in [9.17, 15) is 0 Å². The van der Waals surface area contributed by atoms with E-state index in [-0.39, 0.29) is 11.3 Å². The number of nitrogens with one attached hydrogen (secondary N) is 1. The maximum Gasteiger partial charge on any atom is 0.123 e. The van der Waals surface area contributed by atoms with Crippen molar-refractivity contribution in [2.75, 3.05) is 0 Å². The second-order valence-electron chi connectivity index (χ2n) is 6.24. The van der Waals surface area contributed by atoms with Crippen molar-refractivity contribution in [1.29, 1.82) is 5.41 Å². The van der Waals surface area contributed by atoms with E-state index in [0.717, 1.165) is 16.0 Å². The van der Waals surface area contributed by atoms with Crippen LogP contribution in [0.4, 0.5) is 0 Å². The molecule has 0 saturated carbocycles. The van der Waals surface area contributed by atoms with Crippen LogP contribution >= 0.6 is 11.8 Å². The fourth-order valence-electron chi connectivity index (χ4n) is 2.14. The molecule has 21 heavy (non-hydrogen) atoms. The van der Waals surface area contributed by atoms with Crippen molar-refractivity contribution < 1.29 is 0 Å². The molecule has 0 amide bonds. The summed E-state index contributed by atoms with van der Waals surface area (Å²) in [5.41, 5.74) is 9.13. The monoisotopic (exact) mass is 298 g/mol. The first-order chi connectivity index (χ1) is 9.79. The third-order valence-corrected chi connectivity index (χ3v) is 4.70. The highest BCUT2D eigenvalue weighted by Gasteiger charge is 2.14. The summed E-state index contributed by atoms with van der Waals surface area (Å²) in [6.07, 6.45) is 0. The van der Waals surface area contributed by atoms with Crippen LogP contribution in [0, 0.1) is 12.3 Å². The van der Waals surface area contributed by atoms with Crippen LogP contribution in [0.15, 0.2) is 52.3 Å². The SMILES string of the molecule is Cc1cccc(C(=N)N)c1Sc1ccc(C(C)(C)C)cc1. The lowest BCUT2D eigenvalue weighted by molar-refractivity contribution is 0.590. The topological polar surface area (TPSA) is 49.9 Å². The Morgan fingerprint density at radius 1 is 1.05 bits per heavy atom. The second kappa shape index (κ2) is 5.94. The van der Waals surface area contributed by atoms with Crippen LogP contribution in [-0.4, -0.2) is 5.84 Å². The molecule has 0 aliphatic carbocycles. The number of rotatable bonds is 3. The second-order valence-corrected chi connectivity index (χ2v) is 7.33. The van der Waals surface area contributed by atoms with Crippen molar-refractivity contribution >= 4 is 17.6 Å². The Morgan fingerprint density at radius 2 is 1.67 bits per heavy atom. The van der Waals surface area contributed by atoms with Crippen LogP contribution in [0.2, 0.25) is 0 Å². The molecule has 0 fully saturated rings. The molecule has 2 rings (SSSR count). The fourth-order valence-corrected chi connectivity index (χ4v) is 3.17. The Morgan fingerprint density at radius 3 is 2.19 bits per heavy atom. The zero-order chi connectivity index (χ0) is 15.6. The largest absolute Gasteiger partial charge is 0.384 e. The zero-order valence-corrected chi connectivity index (χ0v) is 13.8. The van der Waals surface area contributed by atoms with Crippen molar-refractivity contribution in [1.82, 2.24) is 0 Å². The molecule has 0 radical (unpaired) electrons. The van der Waals surface area contributed by atoms with Gasteiger partial charge in [-0.3, -0.25) is 5.41 Å². The van der Waals surface area contributed by atoms with Crippen molar-refractivity contribution in [3.05, 3.63) is 59.2 Å². The van der Waals surface area contributed by atoms with Gasteiger partial charge >= 0.3 is 0 Å². The van der Waals surface area contributed by atoms with E-state index in [0.29, 0.717) is 0 Å². The van der Waals surface area contributed by atoms with Crippen molar-refractivity contribution in [3.8, 4) is 0 Å². The highest BCUT2D eigenvalue weighted by atomic mass is 32.2. The van der Waals surface area contributed by atoms with E-state index in [1.807, 2.05) is 12.1 Å². The van der Waals surface area contributed by atoms with Gasteiger partial charge in [-0.25, -0.2) is 0 Å². The van der Waals surface area contributed by atoms with Gasteiger partial charge < -0.3 is 5.73 Å². The predicted molar refractivity (Wildman–Crippen MR) is 91.5 cm³/mol. The predicted octanol–water partition coefficient (Wildman–Crippen LogP) is 4.73. The third-order valence-electron chi connectivity index (χ3n) is 3.44. The summed E-state index contributed by atoms with van der Waals surface area (Å²) in [5.74, 6) is 0.118. The highest BCUT2D eigenvalue weighted by Crippen LogP contribution is 2.34. The maximum absolute atomic E-state index is 7.72. The van der Waals surface area contributed by atoms with E-state index >= 15 is 0 Å². The Hall–Kier alpha value is -1.74. The Labute approximate surface area is 131 Å². The van der Waals surface area contributed by atoms with Crippen LogP contribution in [0.25, 0.3) is 0 Å². The molecule has 2 aromatic carbocycles. The van der Waals surface area contributed by atoms with Gasteiger partial charge in [0.15, 0.2) is 0 Å². The molecule has 0 spiro atoms. The molecule has 0 aliphatic heterocycles. The molecule has 3 N–H and O–H groups in total. The van der Waals surface area contributed by atoms with Crippen molar-refractivity contribution in [2.45, 2.75) is 42.9 Å².